The highest BCUT2D eigenvalue weighted by Crippen LogP contribution is 2.71. The Hall–Kier alpha value is -2.06. The van der Waals surface area contributed by atoms with Gasteiger partial charge in [-0.3, -0.25) is 0 Å². The minimum Gasteiger partial charge on any atom is -0.507 e. The monoisotopic (exact) mass is 528 g/mol. The van der Waals surface area contributed by atoms with Crippen molar-refractivity contribution in [1.82, 2.24) is 0 Å². The molecule has 4 bridgehead atoms. The second kappa shape index (κ2) is 7.97. The molecular weight excluding hydrogens is 492 g/mol. The molecule has 0 spiro atoms. The van der Waals surface area contributed by atoms with E-state index in [0.717, 1.165) is 18.4 Å². The van der Waals surface area contributed by atoms with Crippen LogP contribution in [0.25, 0.3) is 0 Å². The Morgan fingerprint density at radius 3 is 1.74 bits per heavy atom. The lowest BCUT2D eigenvalue weighted by atomic mass is 9.36. The number of hydrogen-bond donors (Lipinski definition) is 1. The third kappa shape index (κ3) is 3.62. The summed E-state index contributed by atoms with van der Waals surface area (Å²) in [5.41, 5.74) is 6.93. The van der Waals surface area contributed by atoms with Crippen LogP contribution in [0.4, 0.5) is 0 Å². The summed E-state index contributed by atoms with van der Waals surface area (Å²) in [6, 6.07) is 27.2. The molecule has 3 aromatic rings. The Bertz CT molecular complexity index is 1180. The molecule has 4 fully saturated rings. The first-order valence-electron chi connectivity index (χ1n) is 13.2. The maximum atomic E-state index is 11.7. The molecule has 1 nitrogen and oxygen atoms in total. The molecule has 3 aromatic carbocycles. The topological polar surface area (TPSA) is 20.2 Å². The quantitative estimate of drug-likeness (QED) is 0.335. The van der Waals surface area contributed by atoms with Gasteiger partial charge in [0.25, 0.3) is 0 Å². The molecule has 0 heterocycles. The summed E-state index contributed by atoms with van der Waals surface area (Å²) in [5.74, 6) is 1.21. The molecule has 2 atom stereocenters. The Morgan fingerprint density at radius 1 is 0.771 bits per heavy atom. The highest BCUT2D eigenvalue weighted by atomic mass is 79.9. The first-order valence-corrected chi connectivity index (χ1v) is 14.3. The maximum Gasteiger partial charge on any atom is 0.123 e. The molecule has 0 saturated heterocycles. The van der Waals surface area contributed by atoms with E-state index in [1.807, 2.05) is 0 Å². The molecule has 0 aliphatic heterocycles. The number of benzene rings is 3. The lowest BCUT2D eigenvalue weighted by Crippen LogP contribution is -2.62. The van der Waals surface area contributed by atoms with Crippen LogP contribution < -0.4 is 0 Å². The summed E-state index contributed by atoms with van der Waals surface area (Å²) in [7, 11) is 0. The SMILES string of the molecule is CC(C)(C)c1cc(CBr)c(O)c(C23CC4CC(c5ccccc5)(CC(c5ccccc5)(C4)C2)C3)c1. The zero-order chi connectivity index (χ0) is 24.5. The zero-order valence-corrected chi connectivity index (χ0v) is 22.9. The van der Waals surface area contributed by atoms with Crippen molar-refractivity contribution in [2.24, 2.45) is 5.92 Å². The lowest BCUT2D eigenvalue weighted by Gasteiger charge is -2.67. The predicted octanol–water partition coefficient (Wildman–Crippen LogP) is 8.70. The normalized spacial score (nSPS) is 31.6. The number of phenols is 1. The molecule has 2 unspecified atom stereocenters. The molecule has 0 radical (unpaired) electrons. The van der Waals surface area contributed by atoms with Gasteiger partial charge in [-0.15, -0.1) is 0 Å². The number of alkyl halides is 1. The van der Waals surface area contributed by atoms with E-state index in [0.29, 0.717) is 17.0 Å². The van der Waals surface area contributed by atoms with Crippen molar-refractivity contribution in [2.75, 3.05) is 0 Å². The van der Waals surface area contributed by atoms with Gasteiger partial charge in [0.2, 0.25) is 0 Å². The Balaban J connectivity index is 1.59. The molecule has 182 valence electrons. The first-order chi connectivity index (χ1) is 16.7. The molecule has 0 amide bonds. The van der Waals surface area contributed by atoms with Crippen LogP contribution >= 0.6 is 15.9 Å². The van der Waals surface area contributed by atoms with E-state index in [2.05, 4.69) is 109 Å². The van der Waals surface area contributed by atoms with Gasteiger partial charge in [0.05, 0.1) is 0 Å². The molecule has 7 rings (SSSR count). The number of phenolic OH excluding ortho intramolecular Hbond substituents is 1. The van der Waals surface area contributed by atoms with E-state index in [1.165, 1.54) is 47.9 Å². The van der Waals surface area contributed by atoms with Gasteiger partial charge in [-0.1, -0.05) is 109 Å². The van der Waals surface area contributed by atoms with Crippen molar-refractivity contribution in [2.45, 2.75) is 86.3 Å². The van der Waals surface area contributed by atoms with Crippen LogP contribution in [0.2, 0.25) is 0 Å². The van der Waals surface area contributed by atoms with Gasteiger partial charge in [-0.05, 0) is 77.4 Å². The van der Waals surface area contributed by atoms with E-state index in [-0.39, 0.29) is 21.7 Å². The van der Waals surface area contributed by atoms with Crippen molar-refractivity contribution in [3.8, 4) is 5.75 Å². The maximum absolute atomic E-state index is 11.7. The van der Waals surface area contributed by atoms with Crippen LogP contribution in [-0.2, 0) is 27.0 Å². The fourth-order valence-electron chi connectivity index (χ4n) is 8.60. The Kier molecular flexibility index (Phi) is 5.32. The highest BCUT2D eigenvalue weighted by molar-refractivity contribution is 9.08. The van der Waals surface area contributed by atoms with E-state index in [1.54, 1.807) is 0 Å². The van der Waals surface area contributed by atoms with E-state index < -0.39 is 0 Å². The van der Waals surface area contributed by atoms with Gasteiger partial charge in [0.1, 0.15) is 5.75 Å². The van der Waals surface area contributed by atoms with Crippen LogP contribution in [0.5, 0.6) is 5.75 Å². The van der Waals surface area contributed by atoms with Crippen LogP contribution in [0, 0.1) is 5.92 Å². The van der Waals surface area contributed by atoms with Crippen molar-refractivity contribution in [1.29, 1.82) is 0 Å². The van der Waals surface area contributed by atoms with Crippen molar-refractivity contribution in [3.63, 3.8) is 0 Å². The highest BCUT2D eigenvalue weighted by Gasteiger charge is 2.65. The second-order valence-electron chi connectivity index (χ2n) is 13.0. The zero-order valence-electron chi connectivity index (χ0n) is 21.3. The summed E-state index contributed by atoms with van der Waals surface area (Å²) >= 11 is 3.69. The van der Waals surface area contributed by atoms with Crippen LogP contribution in [0.1, 0.15) is 87.1 Å². The molecular formula is C33H37BrO. The molecule has 2 heteroatoms. The fourth-order valence-corrected chi connectivity index (χ4v) is 9.03. The molecule has 4 aliphatic carbocycles. The molecule has 1 N–H and O–H groups in total. The van der Waals surface area contributed by atoms with Crippen LogP contribution in [-0.4, -0.2) is 5.11 Å². The van der Waals surface area contributed by atoms with Crippen LogP contribution in [0.15, 0.2) is 72.8 Å². The molecule has 4 saturated carbocycles. The third-order valence-corrected chi connectivity index (χ3v) is 10.2. The van der Waals surface area contributed by atoms with Gasteiger partial charge in [0.15, 0.2) is 0 Å². The number of halogens is 1. The van der Waals surface area contributed by atoms with Crippen molar-refractivity contribution >= 4 is 15.9 Å². The van der Waals surface area contributed by atoms with E-state index >= 15 is 0 Å². The average molecular weight is 530 g/mol. The summed E-state index contributed by atoms with van der Waals surface area (Å²) in [6.07, 6.45) is 7.24. The predicted molar refractivity (Wildman–Crippen MR) is 149 cm³/mol. The first kappa shape index (κ1) is 23.3. The smallest absolute Gasteiger partial charge is 0.123 e. The van der Waals surface area contributed by atoms with Crippen molar-refractivity contribution in [3.05, 3.63) is 101 Å². The number of hydrogen-bond acceptors (Lipinski definition) is 1. The van der Waals surface area contributed by atoms with Gasteiger partial charge in [0, 0.05) is 21.9 Å². The van der Waals surface area contributed by atoms with E-state index in [9.17, 15) is 5.11 Å². The second-order valence-corrected chi connectivity index (χ2v) is 13.6. The minimum absolute atomic E-state index is 0.00658. The molecule has 0 aromatic heterocycles. The average Bonchev–Trinajstić information content (AvgIpc) is 2.84. The van der Waals surface area contributed by atoms with Crippen LogP contribution in [0.3, 0.4) is 0 Å². The van der Waals surface area contributed by atoms with Gasteiger partial charge >= 0.3 is 0 Å². The van der Waals surface area contributed by atoms with Crippen molar-refractivity contribution < 1.29 is 5.11 Å². The number of rotatable bonds is 4. The molecule has 4 aliphatic rings. The lowest BCUT2D eigenvalue weighted by molar-refractivity contribution is -0.0501. The van der Waals surface area contributed by atoms with Gasteiger partial charge in [-0.2, -0.15) is 0 Å². The Labute approximate surface area is 219 Å². The largest absolute Gasteiger partial charge is 0.507 e. The summed E-state index contributed by atoms with van der Waals surface area (Å²) < 4.78 is 0. The van der Waals surface area contributed by atoms with Gasteiger partial charge in [-0.25, -0.2) is 0 Å². The minimum atomic E-state index is -0.00658. The third-order valence-electron chi connectivity index (χ3n) is 9.61. The number of aromatic hydroxyl groups is 1. The summed E-state index contributed by atoms with van der Waals surface area (Å²) in [5, 5.41) is 12.4. The Morgan fingerprint density at radius 2 is 1.26 bits per heavy atom. The standard InChI is InChI=1S/C33H37BrO/c1-30(2,3)27-14-24(19-34)29(35)28(15-27)33-18-23-16-31(21-33,25-10-6-4-7-11-25)20-32(17-23,22-33)26-12-8-5-9-13-26/h4-15,23,35H,16-22H2,1-3H3. The molecule has 35 heavy (non-hydrogen) atoms. The fraction of sp³-hybridized carbons (Fsp3) is 0.455. The van der Waals surface area contributed by atoms with Gasteiger partial charge < -0.3 is 5.11 Å². The summed E-state index contributed by atoms with van der Waals surface area (Å²) in [4.78, 5) is 0. The summed E-state index contributed by atoms with van der Waals surface area (Å²) in [6.45, 7) is 6.87. The van der Waals surface area contributed by atoms with E-state index in [4.69, 9.17) is 0 Å².